The molecule has 0 spiro atoms. The normalized spacial score (nSPS) is 12.6. The molecule has 26 heavy (non-hydrogen) atoms. The average Bonchev–Trinajstić information content (AvgIpc) is 2.87. The number of rotatable bonds is 10. The van der Waals surface area contributed by atoms with Crippen molar-refractivity contribution in [2.75, 3.05) is 18.9 Å². The molecule has 0 amide bonds. The molecule has 0 radical (unpaired) electrons. The molecule has 0 aliphatic rings. The van der Waals surface area contributed by atoms with Gasteiger partial charge in [-0.25, -0.2) is 4.79 Å². The van der Waals surface area contributed by atoms with Crippen molar-refractivity contribution in [2.45, 2.75) is 46.2 Å². The van der Waals surface area contributed by atoms with Gasteiger partial charge in [0.15, 0.2) is 11.5 Å². The van der Waals surface area contributed by atoms with E-state index in [1.165, 1.54) is 4.57 Å². The van der Waals surface area contributed by atoms with E-state index >= 15 is 0 Å². The summed E-state index contributed by atoms with van der Waals surface area (Å²) in [6, 6.07) is -0.571. The number of carbonyl (C=O) groups is 1. The third-order valence-corrected chi connectivity index (χ3v) is 3.99. The van der Waals surface area contributed by atoms with E-state index in [0.29, 0.717) is 17.8 Å². The van der Waals surface area contributed by atoms with Gasteiger partial charge in [0.25, 0.3) is 0 Å². The molecule has 0 saturated carbocycles. The smallest absolute Gasteiger partial charge is 0.327 e. The second-order valence-electron chi connectivity index (χ2n) is 6.39. The van der Waals surface area contributed by atoms with Crippen molar-refractivity contribution < 1.29 is 14.6 Å². The highest BCUT2D eigenvalue weighted by molar-refractivity contribution is 5.81. The lowest BCUT2D eigenvalue weighted by atomic mass is 10.1. The third kappa shape index (κ3) is 4.51. The van der Waals surface area contributed by atoms with Crippen LogP contribution in [-0.2, 0) is 11.3 Å². The minimum atomic E-state index is -0.926. The number of aliphatic carboxylic acids is 1. The Labute approximate surface area is 150 Å². The molecule has 2 aromatic rings. The number of hydrogen-bond acceptors (Lipinski definition) is 7. The van der Waals surface area contributed by atoms with Gasteiger partial charge in [-0.2, -0.15) is 9.97 Å². The van der Waals surface area contributed by atoms with E-state index in [1.807, 2.05) is 20.8 Å². The standard InChI is InChI=1S/C16H26N6O4/c1-4-5-8-26-15-20-12(17)11-13(21-15)22(16(25)19-11)7-6-18-10(9(2)3)14(23)24/h9-10,18H,4-8H2,1-3H3,(H,19,25)(H,23,24)(H2,17,20,21)/t10-/m1/s1. The Morgan fingerprint density at radius 3 is 2.77 bits per heavy atom. The number of carboxylic acids is 1. The minimum absolute atomic E-state index is 0.0799. The number of anilines is 1. The number of hydrogen-bond donors (Lipinski definition) is 4. The predicted octanol–water partition coefficient (Wildman–Crippen LogP) is 0.580. The molecule has 0 unspecified atom stereocenters. The molecule has 2 rings (SSSR count). The van der Waals surface area contributed by atoms with Gasteiger partial charge in [0, 0.05) is 13.1 Å². The first-order valence-corrected chi connectivity index (χ1v) is 8.70. The highest BCUT2D eigenvalue weighted by Gasteiger charge is 2.21. The Kier molecular flexibility index (Phi) is 6.56. The Morgan fingerprint density at radius 1 is 1.42 bits per heavy atom. The number of nitrogens with one attached hydrogen (secondary N) is 2. The molecule has 0 fully saturated rings. The predicted molar refractivity (Wildman–Crippen MR) is 97.2 cm³/mol. The molecule has 0 aliphatic carbocycles. The van der Waals surface area contributed by atoms with Crippen LogP contribution in [0.25, 0.3) is 11.2 Å². The fourth-order valence-electron chi connectivity index (χ4n) is 2.55. The van der Waals surface area contributed by atoms with Crippen LogP contribution in [0.2, 0.25) is 0 Å². The van der Waals surface area contributed by atoms with Crippen molar-refractivity contribution in [3.05, 3.63) is 10.5 Å². The third-order valence-electron chi connectivity index (χ3n) is 3.99. The van der Waals surface area contributed by atoms with Crippen LogP contribution in [0, 0.1) is 5.92 Å². The van der Waals surface area contributed by atoms with E-state index < -0.39 is 12.0 Å². The van der Waals surface area contributed by atoms with Gasteiger partial charge in [0.05, 0.1) is 6.61 Å². The van der Waals surface area contributed by atoms with Crippen molar-refractivity contribution in [3.8, 4) is 6.01 Å². The number of aromatic nitrogens is 4. The second kappa shape index (κ2) is 8.65. The fraction of sp³-hybridized carbons (Fsp3) is 0.625. The van der Waals surface area contributed by atoms with Crippen molar-refractivity contribution in [1.82, 2.24) is 24.8 Å². The maximum absolute atomic E-state index is 12.2. The molecule has 10 nitrogen and oxygen atoms in total. The first-order chi connectivity index (χ1) is 12.3. The molecular weight excluding hydrogens is 340 g/mol. The van der Waals surface area contributed by atoms with E-state index in [9.17, 15) is 14.7 Å². The van der Waals surface area contributed by atoms with Crippen LogP contribution < -0.4 is 21.5 Å². The summed E-state index contributed by atoms with van der Waals surface area (Å²) in [7, 11) is 0. The number of aromatic amines is 1. The Bertz CT molecular complexity index is 813. The summed E-state index contributed by atoms with van der Waals surface area (Å²) >= 11 is 0. The second-order valence-corrected chi connectivity index (χ2v) is 6.39. The van der Waals surface area contributed by atoms with E-state index in [0.717, 1.165) is 12.8 Å². The SMILES string of the molecule is CCCCOc1nc(N)c2[nH]c(=O)n(CCN[C@@H](C(=O)O)C(C)C)c2n1. The van der Waals surface area contributed by atoms with Crippen molar-refractivity contribution >= 4 is 23.0 Å². The number of nitrogen functional groups attached to an aromatic ring is 1. The molecular formula is C16H26N6O4. The molecule has 5 N–H and O–H groups in total. The van der Waals surface area contributed by atoms with Gasteiger partial charge in [-0.15, -0.1) is 0 Å². The number of H-pyrrole nitrogens is 1. The van der Waals surface area contributed by atoms with Gasteiger partial charge < -0.3 is 25.9 Å². The first kappa shape index (κ1) is 19.7. The van der Waals surface area contributed by atoms with Gasteiger partial charge in [-0.05, 0) is 12.3 Å². The molecule has 2 aromatic heterocycles. The summed E-state index contributed by atoms with van der Waals surface area (Å²) < 4.78 is 6.88. The summed E-state index contributed by atoms with van der Waals surface area (Å²) in [5, 5.41) is 12.2. The van der Waals surface area contributed by atoms with E-state index in [4.69, 9.17) is 10.5 Å². The number of carboxylic acid groups (broad SMARTS) is 1. The number of nitrogens with two attached hydrogens (primary N) is 1. The summed E-state index contributed by atoms with van der Waals surface area (Å²) in [5.74, 6) is -0.871. The lowest BCUT2D eigenvalue weighted by Gasteiger charge is -2.17. The van der Waals surface area contributed by atoms with Gasteiger partial charge >= 0.3 is 17.7 Å². The number of fused-ring (bicyclic) bond motifs is 1. The zero-order valence-corrected chi connectivity index (χ0v) is 15.3. The summed E-state index contributed by atoms with van der Waals surface area (Å²) in [6.45, 7) is 6.67. The maximum atomic E-state index is 12.2. The minimum Gasteiger partial charge on any atom is -0.480 e. The lowest BCUT2D eigenvalue weighted by Crippen LogP contribution is -2.42. The molecule has 144 valence electrons. The van der Waals surface area contributed by atoms with Crippen LogP contribution in [0.15, 0.2) is 4.79 Å². The van der Waals surface area contributed by atoms with Crippen LogP contribution in [0.5, 0.6) is 6.01 Å². The fourth-order valence-corrected chi connectivity index (χ4v) is 2.55. The highest BCUT2D eigenvalue weighted by Crippen LogP contribution is 2.17. The number of imidazole rings is 1. The van der Waals surface area contributed by atoms with Gasteiger partial charge in [-0.1, -0.05) is 27.2 Å². The first-order valence-electron chi connectivity index (χ1n) is 8.70. The van der Waals surface area contributed by atoms with Crippen LogP contribution in [-0.4, -0.2) is 49.8 Å². The zero-order valence-electron chi connectivity index (χ0n) is 15.3. The van der Waals surface area contributed by atoms with E-state index in [-0.39, 0.29) is 36.5 Å². The van der Waals surface area contributed by atoms with Gasteiger partial charge in [0.1, 0.15) is 11.6 Å². The van der Waals surface area contributed by atoms with Gasteiger partial charge in [-0.3, -0.25) is 9.36 Å². The molecule has 0 aliphatic heterocycles. The topological polar surface area (TPSA) is 148 Å². The molecule has 1 atom stereocenters. The number of ether oxygens (including phenoxy) is 1. The number of unbranched alkanes of at least 4 members (excludes halogenated alkanes) is 1. The molecule has 10 heteroatoms. The lowest BCUT2D eigenvalue weighted by molar-refractivity contribution is -0.140. The quantitative estimate of drug-likeness (QED) is 0.446. The monoisotopic (exact) mass is 366 g/mol. The van der Waals surface area contributed by atoms with Crippen LogP contribution in [0.4, 0.5) is 5.82 Å². The van der Waals surface area contributed by atoms with Crippen LogP contribution in [0.3, 0.4) is 0 Å². The maximum Gasteiger partial charge on any atom is 0.327 e. The Balaban J connectivity index is 2.19. The van der Waals surface area contributed by atoms with E-state index in [1.54, 1.807) is 0 Å². The summed E-state index contributed by atoms with van der Waals surface area (Å²) in [5.41, 5.74) is 6.19. The van der Waals surface area contributed by atoms with Crippen molar-refractivity contribution in [3.63, 3.8) is 0 Å². The van der Waals surface area contributed by atoms with Crippen LogP contribution >= 0.6 is 0 Å². The van der Waals surface area contributed by atoms with E-state index in [2.05, 4.69) is 20.3 Å². The van der Waals surface area contributed by atoms with Crippen LogP contribution in [0.1, 0.15) is 33.6 Å². The Morgan fingerprint density at radius 2 is 2.15 bits per heavy atom. The van der Waals surface area contributed by atoms with Gasteiger partial charge in [0.2, 0.25) is 0 Å². The van der Waals surface area contributed by atoms with Crippen molar-refractivity contribution in [1.29, 1.82) is 0 Å². The zero-order chi connectivity index (χ0) is 19.3. The summed E-state index contributed by atoms with van der Waals surface area (Å²) in [4.78, 5) is 34.4. The highest BCUT2D eigenvalue weighted by atomic mass is 16.5. The average molecular weight is 366 g/mol. The largest absolute Gasteiger partial charge is 0.480 e. The molecule has 0 aromatic carbocycles. The summed E-state index contributed by atoms with van der Waals surface area (Å²) in [6.07, 6.45) is 1.83. The molecule has 0 bridgehead atoms. The molecule has 0 saturated heterocycles. The molecule has 2 heterocycles. The van der Waals surface area contributed by atoms with Crippen molar-refractivity contribution in [2.24, 2.45) is 5.92 Å². The Hall–Kier alpha value is -2.62. The number of nitrogens with zero attached hydrogens (tertiary/aromatic N) is 3.